The number of amidine groups is 2. The molecular formula is C48H42N7+. The molecule has 0 saturated heterocycles. The molecule has 0 radical (unpaired) electrons. The van der Waals surface area contributed by atoms with Gasteiger partial charge in [0.15, 0.2) is 5.84 Å². The summed E-state index contributed by atoms with van der Waals surface area (Å²) in [5.41, 5.74) is 13.2. The number of hydrogen-bond donors (Lipinski definition) is 2. The summed E-state index contributed by atoms with van der Waals surface area (Å²) in [6.45, 7) is 0. The summed E-state index contributed by atoms with van der Waals surface area (Å²) in [5.74, 6) is 1.71. The van der Waals surface area contributed by atoms with Gasteiger partial charge in [-0.15, -0.1) is 0 Å². The molecule has 4 heterocycles. The van der Waals surface area contributed by atoms with E-state index in [1.165, 1.54) is 0 Å². The third-order valence-corrected chi connectivity index (χ3v) is 10.6. The molecule has 55 heavy (non-hydrogen) atoms. The maximum Gasteiger partial charge on any atom is 0.237 e. The van der Waals surface area contributed by atoms with Crippen LogP contribution in [0, 0.1) is 11.3 Å². The number of nitrogens with two attached hydrogens (primary N) is 1. The maximum absolute atomic E-state index is 8.90. The van der Waals surface area contributed by atoms with Crippen molar-refractivity contribution in [3.05, 3.63) is 191 Å². The van der Waals surface area contributed by atoms with Gasteiger partial charge in [0.2, 0.25) is 5.84 Å². The van der Waals surface area contributed by atoms with Crippen molar-refractivity contribution < 1.29 is 5.32 Å². The molecule has 1 aromatic heterocycles. The van der Waals surface area contributed by atoms with Crippen molar-refractivity contribution in [1.82, 2.24) is 4.98 Å². The number of rotatable bonds is 8. The summed E-state index contributed by atoms with van der Waals surface area (Å²) in [6.07, 6.45) is 26.4. The van der Waals surface area contributed by atoms with Gasteiger partial charge in [-0.2, -0.15) is 4.99 Å². The number of aromatic nitrogens is 1. The van der Waals surface area contributed by atoms with Crippen LogP contribution < -0.4 is 5.32 Å². The lowest BCUT2D eigenvalue weighted by Gasteiger charge is -2.22. The van der Waals surface area contributed by atoms with Crippen molar-refractivity contribution in [2.75, 3.05) is 0 Å². The molecule has 7 nitrogen and oxygen atoms in total. The highest BCUT2D eigenvalue weighted by atomic mass is 15.0. The minimum Gasteiger partial charge on any atom is -0.304 e. The molecule has 2 atom stereocenters. The molecule has 0 saturated carbocycles. The largest absolute Gasteiger partial charge is 0.304 e. The molecule has 9 rings (SSSR count). The molecule has 3 N–H and O–H groups in total. The van der Waals surface area contributed by atoms with Gasteiger partial charge in [0.25, 0.3) is 0 Å². The quantitative estimate of drug-likeness (QED) is 0.175. The van der Waals surface area contributed by atoms with E-state index in [0.29, 0.717) is 18.0 Å². The van der Waals surface area contributed by atoms with Gasteiger partial charge < -0.3 is 5.41 Å². The second kappa shape index (κ2) is 15.5. The lowest BCUT2D eigenvalue weighted by Crippen LogP contribution is -2.87. The predicted octanol–water partition coefficient (Wildman–Crippen LogP) is 9.30. The van der Waals surface area contributed by atoms with Crippen LogP contribution in [-0.2, 0) is 0 Å². The third-order valence-electron chi connectivity index (χ3n) is 10.6. The number of allylic oxidation sites excluding steroid dienone is 8. The van der Waals surface area contributed by atoms with Crippen molar-refractivity contribution in [2.24, 2.45) is 25.9 Å². The summed E-state index contributed by atoms with van der Waals surface area (Å²) in [4.78, 5) is 24.7. The minimum atomic E-state index is -0.0951. The minimum absolute atomic E-state index is 0.0925. The molecule has 5 aliphatic rings. The summed E-state index contributed by atoms with van der Waals surface area (Å²) >= 11 is 0. The topological polar surface area (TPSA) is 103 Å². The van der Waals surface area contributed by atoms with Crippen LogP contribution in [0.2, 0.25) is 0 Å². The molecule has 268 valence electrons. The van der Waals surface area contributed by atoms with Gasteiger partial charge in [0, 0.05) is 47.7 Å². The first-order chi connectivity index (χ1) is 27.1. The van der Waals surface area contributed by atoms with Gasteiger partial charge in [0.1, 0.15) is 5.70 Å². The molecule has 2 unspecified atom stereocenters. The van der Waals surface area contributed by atoms with E-state index in [1.54, 1.807) is 0 Å². The summed E-state index contributed by atoms with van der Waals surface area (Å²) in [6, 6.07) is 31.6. The van der Waals surface area contributed by atoms with Crippen molar-refractivity contribution in [3.63, 3.8) is 0 Å². The zero-order valence-electron chi connectivity index (χ0n) is 30.6. The molecular weight excluding hydrogens is 675 g/mol. The highest BCUT2D eigenvalue weighted by Gasteiger charge is 2.28. The summed E-state index contributed by atoms with van der Waals surface area (Å²) in [7, 11) is 0. The Morgan fingerprint density at radius 3 is 2.22 bits per heavy atom. The standard InChI is InChI=1S/C48H41N7/c49-40(32-10-2-1-3-11-32)30-46-39-12-4-5-15-43(39)52-47(55-46)37-24-26-38(27-25-37)48-53-44(35-20-16-33(17-21-35)41-13-6-8-28-50-41)31-45(54-48)36-22-18-34(19-23-36)42-14-7-9-29-51-42/h1-3,6,8,10,12-30,32,44,49H,4-5,7,9,11,31H2,(H,52,55)/p+1/b46-30-,49-40?. The molecule has 3 aliphatic heterocycles. The number of quaternary nitrogens is 1. The molecule has 3 aromatic carbocycles. The van der Waals surface area contributed by atoms with E-state index in [9.17, 15) is 0 Å². The lowest BCUT2D eigenvalue weighted by atomic mass is 9.92. The normalized spacial score (nSPS) is 21.1. The zero-order valence-corrected chi connectivity index (χ0v) is 30.6. The van der Waals surface area contributed by atoms with E-state index in [0.717, 1.165) is 105 Å². The van der Waals surface area contributed by atoms with E-state index in [2.05, 4.69) is 125 Å². The maximum atomic E-state index is 8.90. The Morgan fingerprint density at radius 1 is 0.709 bits per heavy atom. The van der Waals surface area contributed by atoms with Gasteiger partial charge in [-0.05, 0) is 73.1 Å². The fraction of sp³-hybridized carbons (Fsp3) is 0.167. The Kier molecular flexibility index (Phi) is 9.68. The number of pyridine rings is 1. The number of aliphatic imine (C=N–C) groups is 4. The third kappa shape index (κ3) is 7.52. The van der Waals surface area contributed by atoms with Gasteiger partial charge >= 0.3 is 0 Å². The van der Waals surface area contributed by atoms with Crippen LogP contribution in [0.4, 0.5) is 0 Å². The summed E-state index contributed by atoms with van der Waals surface area (Å²) < 4.78 is 0. The first-order valence-corrected chi connectivity index (χ1v) is 19.2. The Balaban J connectivity index is 1.02. The Morgan fingerprint density at radius 2 is 1.45 bits per heavy atom. The second-order valence-electron chi connectivity index (χ2n) is 14.3. The zero-order chi connectivity index (χ0) is 37.0. The van der Waals surface area contributed by atoms with E-state index >= 15 is 0 Å². The van der Waals surface area contributed by atoms with Crippen LogP contribution >= 0.6 is 0 Å². The van der Waals surface area contributed by atoms with E-state index in [1.807, 2.05) is 42.8 Å². The number of nitrogens with zero attached hydrogens (tertiary/aromatic N) is 5. The lowest BCUT2D eigenvalue weighted by molar-refractivity contribution is -0.480. The first-order valence-electron chi connectivity index (χ1n) is 19.2. The molecule has 0 bridgehead atoms. The smallest absolute Gasteiger partial charge is 0.237 e. The number of nitrogens with one attached hydrogen (secondary N) is 1. The Hall–Kier alpha value is -6.44. The second-order valence-corrected chi connectivity index (χ2v) is 14.3. The molecule has 4 aromatic rings. The number of hydrogen-bond acceptors (Lipinski definition) is 6. The van der Waals surface area contributed by atoms with E-state index in [4.69, 9.17) is 20.4 Å². The van der Waals surface area contributed by atoms with E-state index in [-0.39, 0.29) is 12.0 Å². The van der Waals surface area contributed by atoms with Gasteiger partial charge in [-0.1, -0.05) is 109 Å². The highest BCUT2D eigenvalue weighted by molar-refractivity contribution is 6.14. The van der Waals surface area contributed by atoms with Crippen molar-refractivity contribution in [1.29, 1.82) is 5.41 Å². The van der Waals surface area contributed by atoms with Crippen LogP contribution in [0.3, 0.4) is 0 Å². The average molecular weight is 717 g/mol. The van der Waals surface area contributed by atoms with Crippen LogP contribution in [0.5, 0.6) is 0 Å². The highest BCUT2D eigenvalue weighted by Crippen LogP contribution is 2.32. The monoisotopic (exact) mass is 716 g/mol. The van der Waals surface area contributed by atoms with Gasteiger partial charge in [0.05, 0.1) is 40.0 Å². The molecule has 2 aliphatic carbocycles. The SMILES string of the molecule is N=C(/C=C1\[NH2+]C(c2ccc(C3=NC(c4ccc(-c5ccccn5)cc4)CC(c4ccc(C5=CCCC=N5)cc4)=N3)cc2)=NC2=CCCC=C21)C1C=CC=CC1. The van der Waals surface area contributed by atoms with Crippen LogP contribution in [0.15, 0.2) is 183 Å². The van der Waals surface area contributed by atoms with Crippen molar-refractivity contribution >= 4 is 35.0 Å². The fourth-order valence-corrected chi connectivity index (χ4v) is 7.60. The van der Waals surface area contributed by atoms with Crippen LogP contribution in [-0.4, -0.2) is 34.3 Å². The number of benzene rings is 3. The Labute approximate surface area is 322 Å². The molecule has 0 amide bonds. The first kappa shape index (κ1) is 34.3. The molecule has 0 spiro atoms. The number of fused-ring (bicyclic) bond motifs is 1. The fourth-order valence-electron chi connectivity index (χ4n) is 7.60. The van der Waals surface area contributed by atoms with E-state index < -0.39 is 0 Å². The predicted molar refractivity (Wildman–Crippen MR) is 225 cm³/mol. The van der Waals surface area contributed by atoms with Crippen LogP contribution in [0.25, 0.3) is 17.0 Å². The van der Waals surface area contributed by atoms with Crippen molar-refractivity contribution in [3.8, 4) is 11.3 Å². The molecule has 0 fully saturated rings. The van der Waals surface area contributed by atoms with Gasteiger partial charge in [-0.25, -0.2) is 4.99 Å². The molecule has 7 heteroatoms. The summed E-state index contributed by atoms with van der Waals surface area (Å²) in [5, 5.41) is 11.0. The Bertz CT molecular complexity index is 2430. The van der Waals surface area contributed by atoms with Crippen LogP contribution in [0.1, 0.15) is 72.4 Å². The van der Waals surface area contributed by atoms with Gasteiger partial charge in [-0.3, -0.25) is 20.3 Å². The average Bonchev–Trinajstić information content (AvgIpc) is 3.27. The van der Waals surface area contributed by atoms with Crippen molar-refractivity contribution in [2.45, 2.75) is 44.6 Å².